The average molecular weight is 550 g/mol. The zero-order valence-corrected chi connectivity index (χ0v) is 22.2. The van der Waals surface area contributed by atoms with E-state index >= 15 is 0 Å². The summed E-state index contributed by atoms with van der Waals surface area (Å²) in [6.45, 7) is 1.30. The topological polar surface area (TPSA) is 130 Å². The second-order valence-electron chi connectivity index (χ2n) is 8.88. The van der Waals surface area contributed by atoms with Gasteiger partial charge in [-0.05, 0) is 60.5 Å². The molecule has 3 amide bonds. The predicted molar refractivity (Wildman–Crippen MR) is 143 cm³/mol. The van der Waals surface area contributed by atoms with Gasteiger partial charge in [-0.2, -0.15) is 4.31 Å². The van der Waals surface area contributed by atoms with Crippen molar-refractivity contribution in [2.24, 2.45) is 0 Å². The number of esters is 1. The van der Waals surface area contributed by atoms with Crippen LogP contribution in [0.5, 0.6) is 0 Å². The Morgan fingerprint density at radius 3 is 2.21 bits per heavy atom. The van der Waals surface area contributed by atoms with Crippen LogP contribution in [0.4, 0.5) is 11.4 Å². The van der Waals surface area contributed by atoms with Gasteiger partial charge in [0.1, 0.15) is 6.04 Å². The molecular weight excluding hydrogens is 522 g/mol. The van der Waals surface area contributed by atoms with E-state index < -0.39 is 33.8 Å². The van der Waals surface area contributed by atoms with Gasteiger partial charge in [0.05, 0.1) is 29.7 Å². The van der Waals surface area contributed by atoms with E-state index in [9.17, 15) is 27.6 Å². The van der Waals surface area contributed by atoms with E-state index in [0.29, 0.717) is 12.1 Å². The first-order chi connectivity index (χ1) is 18.6. The molecule has 1 atom stereocenters. The van der Waals surface area contributed by atoms with Crippen LogP contribution in [0.2, 0.25) is 0 Å². The number of hydrogen-bond donors (Lipinski definition) is 1. The van der Waals surface area contributed by atoms with Crippen LogP contribution in [0.15, 0.2) is 83.8 Å². The molecular formula is C28H27N3O7S. The number of hydrogen-bond acceptors (Lipinski definition) is 7. The lowest BCUT2D eigenvalue weighted by molar-refractivity contribution is -0.122. The number of nitrogens with one attached hydrogen (secondary N) is 1. The molecule has 1 N–H and O–H groups in total. The summed E-state index contributed by atoms with van der Waals surface area (Å²) in [5, 5.41) is 2.58. The Labute approximate surface area is 226 Å². The van der Waals surface area contributed by atoms with Gasteiger partial charge in [0.25, 0.3) is 5.91 Å². The van der Waals surface area contributed by atoms with Crippen molar-refractivity contribution in [3.8, 4) is 0 Å². The highest BCUT2D eigenvalue weighted by Gasteiger charge is 2.46. The molecule has 3 aromatic rings. The third-order valence-electron chi connectivity index (χ3n) is 6.26. The summed E-state index contributed by atoms with van der Waals surface area (Å²) in [6, 6.07) is 19.3. The zero-order valence-electron chi connectivity index (χ0n) is 21.4. The molecule has 1 fully saturated rings. The van der Waals surface area contributed by atoms with Gasteiger partial charge in [-0.15, -0.1) is 0 Å². The molecule has 1 saturated heterocycles. The fraction of sp³-hybridized carbons (Fsp3) is 0.214. The summed E-state index contributed by atoms with van der Waals surface area (Å²) in [5.41, 5.74) is 1.75. The number of anilines is 2. The third kappa shape index (κ3) is 6.05. The molecule has 202 valence electrons. The van der Waals surface area contributed by atoms with E-state index in [1.165, 1.54) is 62.6 Å². The summed E-state index contributed by atoms with van der Waals surface area (Å²) >= 11 is 0. The molecule has 10 nitrogen and oxygen atoms in total. The summed E-state index contributed by atoms with van der Waals surface area (Å²) in [6.07, 6.45) is -0.0224. The SMILES string of the molecule is COC(=O)c1ccc(N2C(=O)CC(N(CCc3ccccc3)S(=O)(=O)c3ccc(NC(C)=O)cc3)C2=O)cc1. The molecule has 39 heavy (non-hydrogen) atoms. The van der Waals surface area contributed by atoms with Gasteiger partial charge in [0.15, 0.2) is 0 Å². The van der Waals surface area contributed by atoms with Gasteiger partial charge in [-0.3, -0.25) is 14.4 Å². The van der Waals surface area contributed by atoms with Crippen molar-refractivity contribution >= 4 is 45.1 Å². The van der Waals surface area contributed by atoms with Crippen LogP contribution >= 0.6 is 0 Å². The van der Waals surface area contributed by atoms with Crippen LogP contribution in [0.1, 0.15) is 29.3 Å². The monoisotopic (exact) mass is 549 g/mol. The van der Waals surface area contributed by atoms with E-state index in [2.05, 4.69) is 10.1 Å². The average Bonchev–Trinajstić information content (AvgIpc) is 3.22. The van der Waals surface area contributed by atoms with Crippen molar-refractivity contribution in [3.63, 3.8) is 0 Å². The molecule has 0 aromatic heterocycles. The Balaban J connectivity index is 1.66. The molecule has 0 spiro atoms. The van der Waals surface area contributed by atoms with Crippen molar-refractivity contribution in [2.45, 2.75) is 30.7 Å². The minimum Gasteiger partial charge on any atom is -0.465 e. The highest BCUT2D eigenvalue weighted by Crippen LogP contribution is 2.30. The predicted octanol–water partition coefficient (Wildman–Crippen LogP) is 3.00. The maximum absolute atomic E-state index is 13.8. The smallest absolute Gasteiger partial charge is 0.337 e. The molecule has 1 unspecified atom stereocenters. The fourth-order valence-corrected chi connectivity index (χ4v) is 5.94. The van der Waals surface area contributed by atoms with Crippen molar-refractivity contribution < 1.29 is 32.3 Å². The Hall–Kier alpha value is -4.35. The van der Waals surface area contributed by atoms with Gasteiger partial charge >= 0.3 is 5.97 Å². The quantitative estimate of drug-likeness (QED) is 0.321. The first-order valence-corrected chi connectivity index (χ1v) is 13.5. The van der Waals surface area contributed by atoms with Crippen molar-refractivity contribution in [1.29, 1.82) is 0 Å². The van der Waals surface area contributed by atoms with E-state index in [-0.39, 0.29) is 35.0 Å². The van der Waals surface area contributed by atoms with Gasteiger partial charge < -0.3 is 10.1 Å². The Morgan fingerprint density at radius 2 is 1.62 bits per heavy atom. The molecule has 0 radical (unpaired) electrons. The molecule has 4 rings (SSSR count). The van der Waals surface area contributed by atoms with E-state index in [1.54, 1.807) is 0 Å². The first-order valence-electron chi connectivity index (χ1n) is 12.1. The van der Waals surface area contributed by atoms with Crippen LogP contribution in [0.25, 0.3) is 0 Å². The maximum Gasteiger partial charge on any atom is 0.337 e. The lowest BCUT2D eigenvalue weighted by Gasteiger charge is -2.27. The molecule has 1 heterocycles. The normalized spacial score (nSPS) is 15.5. The highest BCUT2D eigenvalue weighted by molar-refractivity contribution is 7.89. The molecule has 1 aliphatic heterocycles. The van der Waals surface area contributed by atoms with Crippen LogP contribution in [0, 0.1) is 0 Å². The highest BCUT2D eigenvalue weighted by atomic mass is 32.2. The summed E-state index contributed by atoms with van der Waals surface area (Å²) < 4.78 is 33.4. The number of imide groups is 1. The number of rotatable bonds is 9. The zero-order chi connectivity index (χ0) is 28.2. The van der Waals surface area contributed by atoms with Gasteiger partial charge in [0, 0.05) is 19.2 Å². The van der Waals surface area contributed by atoms with E-state index in [4.69, 9.17) is 0 Å². The third-order valence-corrected chi connectivity index (χ3v) is 8.18. The minimum atomic E-state index is -4.22. The first kappa shape index (κ1) is 27.7. The van der Waals surface area contributed by atoms with E-state index in [0.717, 1.165) is 14.8 Å². The lowest BCUT2D eigenvalue weighted by Crippen LogP contribution is -2.46. The molecule has 0 saturated carbocycles. The summed E-state index contributed by atoms with van der Waals surface area (Å²) in [4.78, 5) is 50.5. The Kier molecular flexibility index (Phi) is 8.22. The van der Waals surface area contributed by atoms with Crippen molar-refractivity contribution in [2.75, 3.05) is 23.9 Å². The minimum absolute atomic E-state index is 0.0431. The molecule has 0 aliphatic carbocycles. The molecule has 1 aliphatic rings. The number of sulfonamides is 1. The molecule has 3 aromatic carbocycles. The Bertz CT molecular complexity index is 1490. The molecule has 0 bridgehead atoms. The van der Waals surface area contributed by atoms with E-state index in [1.807, 2.05) is 30.3 Å². The number of methoxy groups -OCH3 is 1. The second kappa shape index (κ2) is 11.6. The van der Waals surface area contributed by atoms with Gasteiger partial charge in [0.2, 0.25) is 21.8 Å². The van der Waals surface area contributed by atoms with Crippen LogP contribution in [0.3, 0.4) is 0 Å². The lowest BCUT2D eigenvalue weighted by atomic mass is 10.1. The van der Waals surface area contributed by atoms with Crippen LogP contribution in [-0.4, -0.2) is 56.1 Å². The Morgan fingerprint density at radius 1 is 0.974 bits per heavy atom. The number of amides is 3. The number of ether oxygens (including phenoxy) is 1. The summed E-state index contributed by atoms with van der Waals surface area (Å²) in [7, 11) is -2.98. The number of nitrogens with zero attached hydrogens (tertiary/aromatic N) is 2. The van der Waals surface area contributed by atoms with Gasteiger partial charge in [-0.25, -0.2) is 18.1 Å². The largest absolute Gasteiger partial charge is 0.465 e. The second-order valence-corrected chi connectivity index (χ2v) is 10.8. The van der Waals surface area contributed by atoms with Crippen molar-refractivity contribution in [1.82, 2.24) is 4.31 Å². The number of carbonyl (C=O) groups excluding carboxylic acids is 4. The summed E-state index contributed by atoms with van der Waals surface area (Å²) in [5.74, 6) is -2.11. The van der Waals surface area contributed by atoms with Gasteiger partial charge in [-0.1, -0.05) is 30.3 Å². The number of carbonyl (C=O) groups is 4. The van der Waals surface area contributed by atoms with Crippen LogP contribution < -0.4 is 10.2 Å². The molecule has 11 heteroatoms. The van der Waals surface area contributed by atoms with Crippen LogP contribution in [-0.2, 0) is 35.6 Å². The standard InChI is InChI=1S/C28H27N3O7S/c1-19(32)29-22-10-14-24(15-11-22)39(36,37)30(17-16-20-6-4-3-5-7-20)25-18-26(33)31(27(25)34)23-12-8-21(9-13-23)28(35)38-2/h3-15,25H,16-18H2,1-2H3,(H,29,32). The fourth-order valence-electron chi connectivity index (χ4n) is 4.35. The maximum atomic E-state index is 13.8. The number of benzene rings is 3. The van der Waals surface area contributed by atoms with Crippen molar-refractivity contribution in [3.05, 3.63) is 90.0 Å².